The van der Waals surface area contributed by atoms with Gasteiger partial charge in [0.1, 0.15) is 12.4 Å². The number of rotatable bonds is 6. The molecule has 2 atom stereocenters. The van der Waals surface area contributed by atoms with Gasteiger partial charge in [0, 0.05) is 34.8 Å². The molecule has 1 aliphatic heterocycles. The maximum absolute atomic E-state index is 10.7. The van der Waals surface area contributed by atoms with Gasteiger partial charge < -0.3 is 4.90 Å². The third kappa shape index (κ3) is 4.55. The third-order valence-electron chi connectivity index (χ3n) is 5.24. The molecule has 0 bridgehead atoms. The number of nitrogens with zero attached hydrogens (tertiary/aromatic N) is 3. The van der Waals surface area contributed by atoms with Crippen LogP contribution in [0, 0.1) is 5.92 Å². The van der Waals surface area contributed by atoms with Crippen molar-refractivity contribution >= 4 is 48.2 Å². The summed E-state index contributed by atoms with van der Waals surface area (Å²) in [5.74, 6) is 1.19. The van der Waals surface area contributed by atoms with Crippen LogP contribution in [0.2, 0.25) is 10.0 Å². The number of hydrogen-bond donors (Lipinski definition) is 2. The molecule has 3 aromatic rings. The molecule has 0 spiro atoms. The number of pyridine rings is 1. The van der Waals surface area contributed by atoms with Crippen molar-refractivity contribution in [3.8, 4) is 11.1 Å². The van der Waals surface area contributed by atoms with Crippen LogP contribution in [0.3, 0.4) is 0 Å². The summed E-state index contributed by atoms with van der Waals surface area (Å²) in [4.78, 5) is 15.9. The average molecular weight is 454 g/mol. The molecule has 4 rings (SSSR count). The summed E-state index contributed by atoms with van der Waals surface area (Å²) >= 11 is 12.7. The Balaban J connectivity index is 1.68. The second-order valence-electron chi connectivity index (χ2n) is 7.09. The topological polar surface area (TPSA) is 91.3 Å². The zero-order valence-electron chi connectivity index (χ0n) is 15.5. The SMILES string of the molecule is O=[P+](O)OCCC1CCCN(c2cc(-c3cn[nH]c3)c3ccc(Cl)c(Cl)c3n2)C1. The lowest BCUT2D eigenvalue weighted by Gasteiger charge is -2.33. The van der Waals surface area contributed by atoms with Crippen LogP contribution in [-0.4, -0.2) is 39.8 Å². The average Bonchev–Trinajstić information content (AvgIpc) is 3.25. The van der Waals surface area contributed by atoms with Gasteiger partial charge in [0.15, 0.2) is 0 Å². The predicted molar refractivity (Wildman–Crippen MR) is 115 cm³/mol. The molecule has 1 saturated heterocycles. The van der Waals surface area contributed by atoms with Gasteiger partial charge in [-0.2, -0.15) is 5.10 Å². The van der Waals surface area contributed by atoms with E-state index in [1.165, 1.54) is 0 Å². The summed E-state index contributed by atoms with van der Waals surface area (Å²) in [5, 5.41) is 8.74. The minimum Gasteiger partial charge on any atom is -0.356 e. The molecule has 0 aliphatic carbocycles. The van der Waals surface area contributed by atoms with E-state index in [2.05, 4.69) is 21.2 Å². The van der Waals surface area contributed by atoms with Gasteiger partial charge in [-0.1, -0.05) is 29.3 Å². The first-order valence-electron chi connectivity index (χ1n) is 9.35. The highest BCUT2D eigenvalue weighted by atomic mass is 35.5. The maximum Gasteiger partial charge on any atom is 0.694 e. The van der Waals surface area contributed by atoms with Gasteiger partial charge in [-0.25, -0.2) is 4.98 Å². The van der Waals surface area contributed by atoms with E-state index in [0.29, 0.717) is 21.5 Å². The van der Waals surface area contributed by atoms with E-state index in [-0.39, 0.29) is 6.61 Å². The second kappa shape index (κ2) is 8.94. The molecule has 1 aliphatic rings. The van der Waals surface area contributed by atoms with E-state index in [4.69, 9.17) is 37.6 Å². The molecule has 1 fully saturated rings. The standard InChI is InChI=1S/C19H19Cl2N4O3P/c20-16-4-3-14-15(13-9-22-23-10-13)8-17(24-19(14)18(16)21)25-6-1-2-12(11-25)5-7-28-29(26)27/h3-4,8-10,12H,1-2,5-7,11H2,(H-,22,23,26,27)/p+1. The molecular weight excluding hydrogens is 434 g/mol. The first-order valence-corrected chi connectivity index (χ1v) is 11.2. The van der Waals surface area contributed by atoms with Crippen LogP contribution in [-0.2, 0) is 9.09 Å². The van der Waals surface area contributed by atoms with Gasteiger partial charge in [-0.05, 0) is 42.9 Å². The molecule has 29 heavy (non-hydrogen) atoms. The Hall–Kier alpha value is -1.76. The van der Waals surface area contributed by atoms with E-state index in [9.17, 15) is 4.57 Å². The first kappa shape index (κ1) is 20.5. The largest absolute Gasteiger partial charge is 0.694 e. The van der Waals surface area contributed by atoms with E-state index >= 15 is 0 Å². The molecule has 7 nitrogen and oxygen atoms in total. The van der Waals surface area contributed by atoms with Crippen LogP contribution in [0.4, 0.5) is 5.82 Å². The number of fused-ring (bicyclic) bond motifs is 1. The van der Waals surface area contributed by atoms with Gasteiger partial charge in [0.2, 0.25) is 0 Å². The highest BCUT2D eigenvalue weighted by molar-refractivity contribution is 7.32. The van der Waals surface area contributed by atoms with Crippen LogP contribution < -0.4 is 4.90 Å². The summed E-state index contributed by atoms with van der Waals surface area (Å²) in [6.07, 6.45) is 6.41. The van der Waals surface area contributed by atoms with Crippen LogP contribution >= 0.6 is 31.5 Å². The van der Waals surface area contributed by atoms with Crippen LogP contribution in [0.5, 0.6) is 0 Å². The van der Waals surface area contributed by atoms with Crippen molar-refractivity contribution < 1.29 is 14.0 Å². The molecule has 1 aromatic carbocycles. The van der Waals surface area contributed by atoms with Crippen molar-refractivity contribution in [1.82, 2.24) is 15.2 Å². The van der Waals surface area contributed by atoms with Gasteiger partial charge in [0.25, 0.3) is 0 Å². The van der Waals surface area contributed by atoms with Crippen molar-refractivity contribution in [3.05, 3.63) is 40.6 Å². The minimum atomic E-state index is -2.55. The smallest absolute Gasteiger partial charge is 0.356 e. The van der Waals surface area contributed by atoms with Gasteiger partial charge in [0.05, 0.1) is 21.8 Å². The van der Waals surface area contributed by atoms with E-state index < -0.39 is 8.25 Å². The van der Waals surface area contributed by atoms with Crippen molar-refractivity contribution in [1.29, 1.82) is 0 Å². The zero-order chi connectivity index (χ0) is 20.4. The Labute approximate surface area is 178 Å². The highest BCUT2D eigenvalue weighted by Gasteiger charge is 2.24. The van der Waals surface area contributed by atoms with Gasteiger partial charge >= 0.3 is 8.25 Å². The van der Waals surface area contributed by atoms with Crippen LogP contribution in [0.1, 0.15) is 19.3 Å². The second-order valence-corrected chi connectivity index (χ2v) is 8.61. The van der Waals surface area contributed by atoms with Crippen molar-refractivity contribution in [2.75, 3.05) is 24.6 Å². The molecule has 0 radical (unpaired) electrons. The Morgan fingerprint density at radius 2 is 2.24 bits per heavy atom. The molecule has 10 heteroatoms. The Morgan fingerprint density at radius 1 is 1.38 bits per heavy atom. The Morgan fingerprint density at radius 3 is 3.00 bits per heavy atom. The number of piperidine rings is 1. The molecular formula is C19H20Cl2N4O3P+. The number of anilines is 1. The van der Waals surface area contributed by atoms with Crippen molar-refractivity contribution in [2.24, 2.45) is 5.92 Å². The quantitative estimate of drug-likeness (QED) is 0.498. The van der Waals surface area contributed by atoms with E-state index in [1.54, 1.807) is 12.3 Å². The number of aromatic amines is 1. The lowest BCUT2D eigenvalue weighted by molar-refractivity contribution is 0.244. The molecule has 152 valence electrons. The number of benzene rings is 1. The molecule has 2 aromatic heterocycles. The van der Waals surface area contributed by atoms with E-state index in [0.717, 1.165) is 54.7 Å². The fraction of sp³-hybridized carbons (Fsp3) is 0.368. The summed E-state index contributed by atoms with van der Waals surface area (Å²) in [6, 6.07) is 5.76. The lowest BCUT2D eigenvalue weighted by atomic mass is 9.95. The Kier molecular flexibility index (Phi) is 6.32. The van der Waals surface area contributed by atoms with Crippen LogP contribution in [0.25, 0.3) is 22.0 Å². The van der Waals surface area contributed by atoms with Crippen molar-refractivity contribution in [2.45, 2.75) is 19.3 Å². The number of nitrogens with one attached hydrogen (secondary N) is 1. The number of halogens is 2. The monoisotopic (exact) mass is 453 g/mol. The zero-order valence-corrected chi connectivity index (χ0v) is 17.9. The molecule has 2 unspecified atom stereocenters. The van der Waals surface area contributed by atoms with Gasteiger partial charge in [-0.15, -0.1) is 9.42 Å². The molecule has 2 N–H and O–H groups in total. The summed E-state index contributed by atoms with van der Waals surface area (Å²) in [5.41, 5.74) is 2.60. The Bertz CT molecular complexity index is 1030. The maximum atomic E-state index is 10.7. The lowest BCUT2D eigenvalue weighted by Crippen LogP contribution is -2.36. The van der Waals surface area contributed by atoms with Crippen LogP contribution in [0.15, 0.2) is 30.6 Å². The van der Waals surface area contributed by atoms with Gasteiger partial charge in [-0.3, -0.25) is 5.10 Å². The number of hydrogen-bond acceptors (Lipinski definition) is 5. The molecule has 0 amide bonds. The third-order valence-corrected chi connectivity index (χ3v) is 6.44. The first-order chi connectivity index (χ1) is 14.0. The summed E-state index contributed by atoms with van der Waals surface area (Å²) in [7, 11) is -2.55. The minimum absolute atomic E-state index is 0.275. The van der Waals surface area contributed by atoms with Crippen molar-refractivity contribution in [3.63, 3.8) is 0 Å². The predicted octanol–water partition coefficient (Wildman–Crippen LogP) is 5.20. The summed E-state index contributed by atoms with van der Waals surface area (Å²) in [6.45, 7) is 1.96. The summed E-state index contributed by atoms with van der Waals surface area (Å²) < 4.78 is 15.6. The molecule has 3 heterocycles. The number of H-pyrrole nitrogens is 1. The fourth-order valence-corrected chi connectivity index (χ4v) is 4.45. The van der Waals surface area contributed by atoms with E-state index in [1.807, 2.05) is 12.3 Å². The fourth-order valence-electron chi connectivity index (χ4n) is 3.83. The normalized spacial score (nSPS) is 17.7. The number of aromatic nitrogens is 3. The highest BCUT2D eigenvalue weighted by Crippen LogP contribution is 2.38. The molecule has 0 saturated carbocycles.